The van der Waals surface area contributed by atoms with E-state index in [1.807, 2.05) is 0 Å². The smallest absolute Gasteiger partial charge is 0.870 e. The number of thiazole rings is 2. The molecule has 0 aliphatic rings. The SMILES string of the molecule is ClCc1cnc(Cl)s1.N#CC(=NOCc1cnc(Cl)s1)C(N)=O.N#CC(=[N-])C(N)=O.[Na+].[OH-]. The molecule has 166 valence electrons. The molecule has 0 aliphatic heterocycles. The summed E-state index contributed by atoms with van der Waals surface area (Å²) in [4.78, 5) is 34.2. The van der Waals surface area contributed by atoms with Crippen LogP contribution < -0.4 is 41.0 Å². The number of carbonyl (C=O) groups excluding carboxylic acids is 2. The molecule has 0 atom stereocenters. The van der Waals surface area contributed by atoms with Crippen LogP contribution in [-0.4, -0.2) is 38.7 Å². The number of hydrogen-bond acceptors (Lipinski definition) is 11. The normalized spacial score (nSPS) is 8.97. The maximum atomic E-state index is 10.5. The molecule has 0 unspecified atom stereocenters. The van der Waals surface area contributed by atoms with Crippen LogP contribution in [0.15, 0.2) is 17.5 Å². The molecule has 0 spiro atoms. The number of nitrogens with zero attached hydrogens (tertiary/aromatic N) is 6. The fraction of sp³-hybridized carbons (Fsp3) is 0.143. The van der Waals surface area contributed by atoms with Gasteiger partial charge in [-0.25, -0.2) is 9.97 Å². The number of amides is 2. The number of hydrogen-bond donors (Lipinski definition) is 2. The van der Waals surface area contributed by atoms with Crippen LogP contribution in [-0.2, 0) is 26.9 Å². The molecule has 2 rings (SSSR count). The predicted octanol–water partition coefficient (Wildman–Crippen LogP) is -0.954. The van der Waals surface area contributed by atoms with E-state index in [9.17, 15) is 9.59 Å². The molecule has 2 heterocycles. The van der Waals surface area contributed by atoms with Gasteiger partial charge in [-0.15, -0.1) is 34.3 Å². The van der Waals surface area contributed by atoms with E-state index in [1.54, 1.807) is 6.20 Å². The van der Waals surface area contributed by atoms with E-state index in [1.165, 1.54) is 34.9 Å². The van der Waals surface area contributed by atoms with Crippen molar-refractivity contribution in [2.75, 3.05) is 0 Å². The van der Waals surface area contributed by atoms with E-state index in [2.05, 4.69) is 20.9 Å². The van der Waals surface area contributed by atoms with Gasteiger partial charge in [-0.1, -0.05) is 28.4 Å². The van der Waals surface area contributed by atoms with Gasteiger partial charge >= 0.3 is 29.6 Å². The minimum absolute atomic E-state index is 0. The summed E-state index contributed by atoms with van der Waals surface area (Å²) in [5, 5.41) is 27.4. The second-order valence-electron chi connectivity index (χ2n) is 4.31. The van der Waals surface area contributed by atoms with Gasteiger partial charge in [0.05, 0.1) is 16.8 Å². The number of halogens is 3. The van der Waals surface area contributed by atoms with Gasteiger partial charge in [-0.05, 0) is 5.71 Å². The number of alkyl halides is 1. The monoisotopic (exact) mass is 547 g/mol. The largest absolute Gasteiger partial charge is 1.00 e. The molecule has 0 aromatic carbocycles. The molecule has 12 nitrogen and oxygen atoms in total. The third-order valence-electron chi connectivity index (χ3n) is 2.22. The van der Waals surface area contributed by atoms with E-state index < -0.39 is 23.2 Å². The molecule has 18 heteroatoms. The van der Waals surface area contributed by atoms with Crippen LogP contribution in [0.25, 0.3) is 5.41 Å². The topological polar surface area (TPSA) is 233 Å². The van der Waals surface area contributed by atoms with E-state index >= 15 is 0 Å². The summed E-state index contributed by atoms with van der Waals surface area (Å²) in [5.74, 6) is -1.52. The second kappa shape index (κ2) is 19.8. The molecule has 2 amide bonds. The van der Waals surface area contributed by atoms with Crippen molar-refractivity contribution in [2.45, 2.75) is 12.5 Å². The van der Waals surface area contributed by atoms with Crippen molar-refractivity contribution in [2.24, 2.45) is 16.6 Å². The average Bonchev–Trinajstić information content (AvgIpc) is 3.32. The van der Waals surface area contributed by atoms with Crippen molar-refractivity contribution in [3.8, 4) is 12.1 Å². The van der Waals surface area contributed by atoms with E-state index in [0.29, 0.717) is 14.8 Å². The van der Waals surface area contributed by atoms with Crippen LogP contribution in [0.3, 0.4) is 0 Å². The summed E-state index contributed by atoms with van der Waals surface area (Å²) in [6, 6.07) is 2.67. The third-order valence-corrected chi connectivity index (χ3v) is 4.87. The first-order chi connectivity index (χ1) is 14.1. The molecular formula is C14H11Cl3N8NaO4S2-. The summed E-state index contributed by atoms with van der Waals surface area (Å²) >= 11 is 19.1. The molecule has 0 saturated heterocycles. The van der Waals surface area contributed by atoms with Crippen molar-refractivity contribution < 1.29 is 49.5 Å². The Labute approximate surface area is 226 Å². The summed E-state index contributed by atoms with van der Waals surface area (Å²) in [6.07, 6.45) is 3.19. The first-order valence-electron chi connectivity index (χ1n) is 7.06. The van der Waals surface area contributed by atoms with Crippen LogP contribution in [0, 0.1) is 22.7 Å². The van der Waals surface area contributed by atoms with E-state index in [-0.39, 0.29) is 41.6 Å². The van der Waals surface area contributed by atoms with Crippen molar-refractivity contribution in [1.29, 1.82) is 10.5 Å². The van der Waals surface area contributed by atoms with E-state index in [0.717, 1.165) is 15.8 Å². The summed E-state index contributed by atoms with van der Waals surface area (Å²) in [5.41, 5.74) is 7.79. The summed E-state index contributed by atoms with van der Waals surface area (Å²) in [7, 11) is 0. The number of carbonyl (C=O) groups is 2. The standard InChI is InChI=1S/C7H5ClN4O2S.C4H3Cl2NS.C3H2N3O.Na.H2O/c8-7-11-2-4(15-7)3-14-12-5(1-9)6(10)13;5-1-3-2-7-4(6)8-3;4-1-2(5)3(6)7;;/h2H,3H2,(H2,10,13);2H,1H2;(H2,6,7);;1H2/q;;-1;+1;/p-1. The zero-order chi connectivity index (χ0) is 23.1. The molecule has 2 aromatic rings. The van der Waals surface area contributed by atoms with Crippen LogP contribution in [0.4, 0.5) is 0 Å². The molecule has 0 radical (unpaired) electrons. The number of nitriles is 2. The number of rotatable bonds is 6. The molecule has 0 aliphatic carbocycles. The Morgan fingerprint density at radius 1 is 1.09 bits per heavy atom. The van der Waals surface area contributed by atoms with Gasteiger partial charge in [0.2, 0.25) is 11.6 Å². The number of oxime groups is 1. The van der Waals surface area contributed by atoms with Crippen molar-refractivity contribution in [3.63, 3.8) is 0 Å². The Kier molecular flexibility index (Phi) is 21.5. The third kappa shape index (κ3) is 15.9. The van der Waals surface area contributed by atoms with Gasteiger partial charge in [0.1, 0.15) is 6.07 Å². The van der Waals surface area contributed by atoms with Crippen molar-refractivity contribution >= 4 is 80.7 Å². The fourth-order valence-electron chi connectivity index (χ4n) is 1.03. The molecule has 5 N–H and O–H groups in total. The maximum absolute atomic E-state index is 10.5. The zero-order valence-corrected chi connectivity index (χ0v) is 21.9. The Balaban J connectivity index is -0.000000422. The molecule has 0 fully saturated rings. The molecular weight excluding hydrogens is 538 g/mol. The molecule has 32 heavy (non-hydrogen) atoms. The van der Waals surface area contributed by atoms with Crippen molar-refractivity contribution in [3.05, 3.63) is 36.5 Å². The minimum Gasteiger partial charge on any atom is -0.870 e. The minimum atomic E-state index is -1.09. The summed E-state index contributed by atoms with van der Waals surface area (Å²) in [6.45, 7) is 0.0862. The number of aromatic nitrogens is 2. The van der Waals surface area contributed by atoms with Gasteiger partial charge in [-0.2, -0.15) is 10.5 Å². The Bertz CT molecular complexity index is 1000. The van der Waals surface area contributed by atoms with Gasteiger partial charge in [-0.3, -0.25) is 9.59 Å². The summed E-state index contributed by atoms with van der Waals surface area (Å²) < 4.78 is 0.939. The molecule has 0 saturated carbocycles. The van der Waals surface area contributed by atoms with Crippen LogP contribution in [0.5, 0.6) is 0 Å². The quantitative estimate of drug-likeness (QED) is 0.197. The maximum Gasteiger partial charge on any atom is 1.00 e. The van der Waals surface area contributed by atoms with Gasteiger partial charge in [0, 0.05) is 17.3 Å². The molecule has 0 bridgehead atoms. The number of primary amides is 2. The first-order valence-corrected chi connectivity index (χ1v) is 9.98. The Hall–Kier alpha value is -1.85. The van der Waals surface area contributed by atoms with Crippen LogP contribution in [0.1, 0.15) is 9.75 Å². The van der Waals surface area contributed by atoms with E-state index in [4.69, 9.17) is 61.3 Å². The number of nitrogens with two attached hydrogens (primary N) is 2. The molecule has 2 aromatic heterocycles. The Morgan fingerprint density at radius 3 is 1.84 bits per heavy atom. The zero-order valence-electron chi connectivity index (χ0n) is 16.0. The second-order valence-corrected chi connectivity index (χ2v) is 7.97. The van der Waals surface area contributed by atoms with Gasteiger partial charge in [0.15, 0.2) is 15.5 Å². The van der Waals surface area contributed by atoms with Crippen molar-refractivity contribution in [1.82, 2.24) is 9.97 Å². The first kappa shape index (κ1) is 34.8. The van der Waals surface area contributed by atoms with Crippen LogP contribution in [0.2, 0.25) is 8.93 Å². The van der Waals surface area contributed by atoms with Gasteiger partial charge < -0.3 is 27.2 Å². The van der Waals surface area contributed by atoms with Crippen LogP contribution >= 0.6 is 57.5 Å². The fourth-order valence-corrected chi connectivity index (χ4v) is 2.98. The average molecular weight is 549 g/mol. The van der Waals surface area contributed by atoms with Gasteiger partial charge in [0.25, 0.3) is 5.91 Å². The Morgan fingerprint density at radius 2 is 1.59 bits per heavy atom. The predicted molar refractivity (Wildman–Crippen MR) is 116 cm³/mol.